The van der Waals surface area contributed by atoms with Gasteiger partial charge >= 0.3 is 0 Å². The first-order chi connectivity index (χ1) is 11.4. The molecule has 1 aliphatic heterocycles. The van der Waals surface area contributed by atoms with Crippen molar-refractivity contribution < 1.29 is 14.6 Å². The predicted octanol–water partition coefficient (Wildman–Crippen LogP) is 0.996. The highest BCUT2D eigenvalue weighted by molar-refractivity contribution is 5.96. The van der Waals surface area contributed by atoms with Crippen LogP contribution >= 0.6 is 0 Å². The van der Waals surface area contributed by atoms with Crippen molar-refractivity contribution in [1.82, 2.24) is 24.9 Å². The minimum Gasteiger partial charge on any atom is -0.480 e. The van der Waals surface area contributed by atoms with Crippen LogP contribution in [0.4, 0.5) is 0 Å². The van der Waals surface area contributed by atoms with Gasteiger partial charge in [0.25, 0.3) is 5.91 Å². The topological polar surface area (TPSA) is 93.4 Å². The Bertz CT molecular complexity index is 745. The molecule has 1 amide bonds. The first-order valence-electron chi connectivity index (χ1n) is 7.87. The van der Waals surface area contributed by atoms with E-state index in [1.165, 1.54) is 7.11 Å². The molecule has 1 aliphatic rings. The van der Waals surface area contributed by atoms with Crippen LogP contribution in [-0.4, -0.2) is 56.1 Å². The van der Waals surface area contributed by atoms with E-state index in [-0.39, 0.29) is 24.4 Å². The van der Waals surface area contributed by atoms with Crippen LogP contribution in [-0.2, 0) is 5.60 Å². The third-order valence-corrected chi connectivity index (χ3v) is 4.25. The molecule has 1 atom stereocenters. The number of hydrogen-bond donors (Lipinski definition) is 1. The van der Waals surface area contributed by atoms with E-state index in [0.717, 1.165) is 0 Å². The van der Waals surface area contributed by atoms with E-state index in [4.69, 9.17) is 4.74 Å². The zero-order valence-electron chi connectivity index (χ0n) is 14.0. The van der Waals surface area contributed by atoms with Gasteiger partial charge in [-0.25, -0.2) is 9.67 Å². The highest BCUT2D eigenvalue weighted by atomic mass is 16.5. The van der Waals surface area contributed by atoms with Gasteiger partial charge in [0.2, 0.25) is 5.88 Å². The number of amides is 1. The monoisotopic (exact) mass is 331 g/mol. The summed E-state index contributed by atoms with van der Waals surface area (Å²) in [5, 5.41) is 19.0. The Kier molecular flexibility index (Phi) is 4.23. The molecule has 0 bridgehead atoms. The second kappa shape index (κ2) is 6.20. The van der Waals surface area contributed by atoms with Crippen molar-refractivity contribution in [2.45, 2.75) is 31.9 Å². The molecule has 128 valence electrons. The third-order valence-electron chi connectivity index (χ3n) is 4.25. The average molecular weight is 331 g/mol. The normalized spacial score (nSPS) is 20.6. The molecule has 3 heterocycles. The number of ether oxygens (including phenoxy) is 1. The Labute approximate surface area is 140 Å². The van der Waals surface area contributed by atoms with Gasteiger partial charge in [0.1, 0.15) is 16.9 Å². The fraction of sp³-hybridized carbons (Fsp3) is 0.500. The summed E-state index contributed by atoms with van der Waals surface area (Å²) >= 11 is 0. The van der Waals surface area contributed by atoms with Gasteiger partial charge in [0.15, 0.2) is 0 Å². The van der Waals surface area contributed by atoms with E-state index in [0.29, 0.717) is 24.2 Å². The highest BCUT2D eigenvalue weighted by Gasteiger charge is 2.42. The second-order valence-corrected chi connectivity index (χ2v) is 6.25. The summed E-state index contributed by atoms with van der Waals surface area (Å²) in [6, 6.07) is 3.51. The van der Waals surface area contributed by atoms with Gasteiger partial charge in [0.05, 0.1) is 19.9 Å². The maximum absolute atomic E-state index is 12.7. The molecule has 2 aromatic heterocycles. The van der Waals surface area contributed by atoms with Gasteiger partial charge in [-0.3, -0.25) is 4.79 Å². The molecule has 2 aromatic rings. The van der Waals surface area contributed by atoms with Crippen molar-refractivity contribution in [2.24, 2.45) is 0 Å². The summed E-state index contributed by atoms with van der Waals surface area (Å²) in [7, 11) is 1.48. The van der Waals surface area contributed by atoms with Crippen molar-refractivity contribution >= 4 is 5.91 Å². The van der Waals surface area contributed by atoms with Crippen LogP contribution in [0.5, 0.6) is 5.88 Å². The lowest BCUT2D eigenvalue weighted by Crippen LogP contribution is -2.35. The van der Waals surface area contributed by atoms with Gasteiger partial charge in [-0.1, -0.05) is 5.21 Å². The molecule has 24 heavy (non-hydrogen) atoms. The largest absolute Gasteiger partial charge is 0.480 e. The number of methoxy groups -OCH3 is 1. The van der Waals surface area contributed by atoms with E-state index in [2.05, 4.69) is 15.3 Å². The summed E-state index contributed by atoms with van der Waals surface area (Å²) in [5.74, 6) is 0.0656. The van der Waals surface area contributed by atoms with E-state index in [1.54, 1.807) is 34.1 Å². The summed E-state index contributed by atoms with van der Waals surface area (Å²) < 4.78 is 6.84. The third kappa shape index (κ3) is 2.84. The Balaban J connectivity index is 1.80. The fourth-order valence-corrected chi connectivity index (χ4v) is 2.81. The predicted molar refractivity (Wildman–Crippen MR) is 85.6 cm³/mol. The number of aliphatic hydroxyl groups is 1. The fourth-order valence-electron chi connectivity index (χ4n) is 2.81. The average Bonchev–Trinajstić information content (AvgIpc) is 3.22. The van der Waals surface area contributed by atoms with Crippen molar-refractivity contribution in [3.05, 3.63) is 35.8 Å². The molecule has 8 heteroatoms. The molecular formula is C16H21N5O3. The zero-order valence-corrected chi connectivity index (χ0v) is 14.0. The summed E-state index contributed by atoms with van der Waals surface area (Å²) in [4.78, 5) is 18.4. The first kappa shape index (κ1) is 16.4. The smallest absolute Gasteiger partial charge is 0.259 e. The Morgan fingerprint density at radius 1 is 1.46 bits per heavy atom. The number of β-amino-alcohol motifs (C(OH)–C–C–N with tert-alkyl or cyclic N) is 1. The van der Waals surface area contributed by atoms with Gasteiger partial charge in [0, 0.05) is 25.2 Å². The molecule has 0 unspecified atom stereocenters. The van der Waals surface area contributed by atoms with E-state index < -0.39 is 5.60 Å². The lowest BCUT2D eigenvalue weighted by Gasteiger charge is -2.21. The molecule has 1 fully saturated rings. The molecule has 0 spiro atoms. The van der Waals surface area contributed by atoms with Crippen LogP contribution in [0.3, 0.4) is 0 Å². The van der Waals surface area contributed by atoms with Gasteiger partial charge in [-0.2, -0.15) is 0 Å². The Morgan fingerprint density at radius 2 is 2.25 bits per heavy atom. The quantitative estimate of drug-likeness (QED) is 0.898. The number of rotatable bonds is 4. The highest BCUT2D eigenvalue weighted by Crippen LogP contribution is 2.32. The zero-order chi connectivity index (χ0) is 17.3. The lowest BCUT2D eigenvalue weighted by molar-refractivity contribution is 0.0380. The van der Waals surface area contributed by atoms with Crippen molar-refractivity contribution in [3.63, 3.8) is 0 Å². The second-order valence-electron chi connectivity index (χ2n) is 6.25. The summed E-state index contributed by atoms with van der Waals surface area (Å²) in [5.41, 5.74) is -0.308. The molecule has 3 rings (SSSR count). The van der Waals surface area contributed by atoms with Crippen LogP contribution in [0.15, 0.2) is 24.5 Å². The number of nitrogens with zero attached hydrogens (tertiary/aromatic N) is 5. The summed E-state index contributed by atoms with van der Waals surface area (Å²) in [6.45, 7) is 4.58. The van der Waals surface area contributed by atoms with E-state index in [9.17, 15) is 9.90 Å². The van der Waals surface area contributed by atoms with Gasteiger partial charge in [-0.15, -0.1) is 5.10 Å². The maximum Gasteiger partial charge on any atom is 0.259 e. The number of aromatic nitrogens is 4. The molecule has 0 aliphatic carbocycles. The molecule has 0 saturated carbocycles. The van der Waals surface area contributed by atoms with E-state index >= 15 is 0 Å². The van der Waals surface area contributed by atoms with Crippen LogP contribution in [0.1, 0.15) is 42.4 Å². The van der Waals surface area contributed by atoms with Crippen LogP contribution in [0.25, 0.3) is 0 Å². The standard InChI is InChI=1S/C16H21N5O3/c1-11(2)21-9-13(18-19-21)16(23)6-8-20(10-16)15(22)12-5-4-7-17-14(12)24-3/h4-5,7,9,11,23H,6,8,10H2,1-3H3/t16-/m0/s1. The number of carbonyl (C=O) groups is 1. The van der Waals surface area contributed by atoms with Gasteiger partial charge in [-0.05, 0) is 26.0 Å². The first-order valence-corrected chi connectivity index (χ1v) is 7.87. The lowest BCUT2D eigenvalue weighted by atomic mass is 10.00. The van der Waals surface area contributed by atoms with Crippen LogP contribution in [0.2, 0.25) is 0 Å². The van der Waals surface area contributed by atoms with Crippen molar-refractivity contribution in [3.8, 4) is 5.88 Å². The number of likely N-dealkylation sites (tertiary alicyclic amines) is 1. The molecule has 8 nitrogen and oxygen atoms in total. The van der Waals surface area contributed by atoms with Crippen molar-refractivity contribution in [1.29, 1.82) is 0 Å². The summed E-state index contributed by atoms with van der Waals surface area (Å²) in [6.07, 6.45) is 3.72. The maximum atomic E-state index is 12.7. The number of carbonyl (C=O) groups excluding carboxylic acids is 1. The Morgan fingerprint density at radius 3 is 2.92 bits per heavy atom. The van der Waals surface area contributed by atoms with E-state index in [1.807, 2.05) is 13.8 Å². The Hall–Kier alpha value is -2.48. The minimum absolute atomic E-state index is 0.161. The molecule has 0 aromatic carbocycles. The molecule has 1 saturated heterocycles. The van der Waals surface area contributed by atoms with Crippen molar-refractivity contribution in [2.75, 3.05) is 20.2 Å². The van der Waals surface area contributed by atoms with Crippen LogP contribution in [0, 0.1) is 0 Å². The minimum atomic E-state index is -1.18. The number of hydrogen-bond acceptors (Lipinski definition) is 6. The van der Waals surface area contributed by atoms with Gasteiger partial charge < -0.3 is 14.7 Å². The molecular weight excluding hydrogens is 310 g/mol. The van der Waals surface area contributed by atoms with Crippen LogP contribution < -0.4 is 4.74 Å². The molecule has 1 N–H and O–H groups in total. The number of pyridine rings is 1. The SMILES string of the molecule is COc1ncccc1C(=O)N1CC[C@@](O)(c2cn(C(C)C)nn2)C1. The molecule has 0 radical (unpaired) electrons.